The molecule has 8 rings (SSSR count). The lowest BCUT2D eigenvalue weighted by Gasteiger charge is -2.26. The molecular formula is C53H42N2O2. The molecule has 0 atom stereocenters. The Labute approximate surface area is 335 Å². The first-order valence-corrected chi connectivity index (χ1v) is 19.1. The van der Waals surface area contributed by atoms with Crippen LogP contribution in [0.1, 0.15) is 22.3 Å². The first-order valence-electron chi connectivity index (χ1n) is 19.1. The molecule has 0 aliphatic rings. The molecule has 0 saturated carbocycles. The molecule has 57 heavy (non-hydrogen) atoms. The van der Waals surface area contributed by atoms with Crippen molar-refractivity contribution in [3.8, 4) is 11.5 Å². The fraction of sp³-hybridized carbons (Fsp3) is 0.0189. The maximum atomic E-state index is 6.05. The Morgan fingerprint density at radius 2 is 0.509 bits per heavy atom. The highest BCUT2D eigenvalue weighted by Crippen LogP contribution is 2.37. The molecule has 4 nitrogen and oxygen atoms in total. The van der Waals surface area contributed by atoms with Crippen LogP contribution in [0.5, 0.6) is 11.5 Å². The summed E-state index contributed by atoms with van der Waals surface area (Å²) in [5.41, 5.74) is 11.0. The Balaban J connectivity index is 0.917. The summed E-state index contributed by atoms with van der Waals surface area (Å²) in [4.78, 5) is 4.48. The molecule has 0 fully saturated rings. The van der Waals surface area contributed by atoms with Gasteiger partial charge in [0, 0.05) is 34.1 Å². The van der Waals surface area contributed by atoms with Crippen molar-refractivity contribution in [3.05, 3.63) is 241 Å². The Morgan fingerprint density at radius 3 is 0.825 bits per heavy atom. The average Bonchev–Trinajstić information content (AvgIpc) is 3.28. The standard InChI is InChI=1S/C53H42N2O2/c1-5-13-42(14-6-1)21-23-44-25-29-48(30-26-44)54(46-17-9-3-10-18-46)50-33-37-52(38-34-50)56-41-57-53-39-35-51(36-40-53)55(47-19-11-4-12-20-47)49-31-27-45(28-32-49)24-22-43-15-7-2-8-16-43/h1-40H,41H2. The van der Waals surface area contributed by atoms with Crippen molar-refractivity contribution >= 4 is 58.4 Å². The predicted octanol–water partition coefficient (Wildman–Crippen LogP) is 14.4. The normalized spacial score (nSPS) is 11.1. The Kier molecular flexibility index (Phi) is 11.6. The summed E-state index contributed by atoms with van der Waals surface area (Å²) < 4.78 is 12.1. The molecule has 0 unspecified atom stereocenters. The molecular weight excluding hydrogens is 697 g/mol. The van der Waals surface area contributed by atoms with Crippen LogP contribution in [0, 0.1) is 0 Å². The Hall–Kier alpha value is -7.56. The lowest BCUT2D eigenvalue weighted by molar-refractivity contribution is 0.120. The number of anilines is 6. The van der Waals surface area contributed by atoms with Gasteiger partial charge in [0.05, 0.1) is 0 Å². The molecule has 4 heteroatoms. The maximum absolute atomic E-state index is 6.05. The minimum Gasteiger partial charge on any atom is -0.458 e. The van der Waals surface area contributed by atoms with Gasteiger partial charge in [-0.25, -0.2) is 0 Å². The summed E-state index contributed by atoms with van der Waals surface area (Å²) in [6, 6.07) is 74.9. The van der Waals surface area contributed by atoms with Crippen LogP contribution in [0.3, 0.4) is 0 Å². The highest BCUT2D eigenvalue weighted by atomic mass is 16.7. The molecule has 0 aliphatic heterocycles. The van der Waals surface area contributed by atoms with Crippen LogP contribution in [-0.2, 0) is 0 Å². The van der Waals surface area contributed by atoms with E-state index in [-0.39, 0.29) is 6.79 Å². The zero-order valence-corrected chi connectivity index (χ0v) is 31.5. The Bertz CT molecular complexity index is 2300. The molecule has 276 valence electrons. The van der Waals surface area contributed by atoms with Crippen LogP contribution in [0.15, 0.2) is 218 Å². The number of hydrogen-bond donors (Lipinski definition) is 0. The van der Waals surface area contributed by atoms with Crippen molar-refractivity contribution in [1.29, 1.82) is 0 Å². The van der Waals surface area contributed by atoms with E-state index in [0.717, 1.165) is 56.8 Å². The molecule has 0 aliphatic carbocycles. The van der Waals surface area contributed by atoms with Gasteiger partial charge < -0.3 is 19.3 Å². The van der Waals surface area contributed by atoms with Gasteiger partial charge >= 0.3 is 0 Å². The minimum absolute atomic E-state index is 0.0828. The summed E-state index contributed by atoms with van der Waals surface area (Å²) in [5, 5.41) is 0. The van der Waals surface area contributed by atoms with Gasteiger partial charge in [0.1, 0.15) is 11.5 Å². The van der Waals surface area contributed by atoms with Crippen molar-refractivity contribution in [1.82, 2.24) is 0 Å². The van der Waals surface area contributed by atoms with Crippen LogP contribution in [0.4, 0.5) is 34.1 Å². The lowest BCUT2D eigenvalue weighted by Crippen LogP contribution is -2.10. The van der Waals surface area contributed by atoms with Crippen molar-refractivity contribution in [2.75, 3.05) is 16.6 Å². The van der Waals surface area contributed by atoms with Crippen LogP contribution in [-0.4, -0.2) is 6.79 Å². The molecule has 8 aromatic rings. The molecule has 0 heterocycles. The quantitative estimate of drug-likeness (QED) is 0.0819. The zero-order chi connectivity index (χ0) is 38.5. The third-order valence-corrected chi connectivity index (χ3v) is 9.51. The summed E-state index contributed by atoms with van der Waals surface area (Å²) in [6.07, 6.45) is 8.54. The van der Waals surface area contributed by atoms with Crippen molar-refractivity contribution in [2.24, 2.45) is 0 Å². The van der Waals surface area contributed by atoms with E-state index < -0.39 is 0 Å². The zero-order valence-electron chi connectivity index (χ0n) is 31.5. The molecule has 0 spiro atoms. The van der Waals surface area contributed by atoms with Crippen LogP contribution >= 0.6 is 0 Å². The van der Waals surface area contributed by atoms with Crippen molar-refractivity contribution in [2.45, 2.75) is 0 Å². The van der Waals surface area contributed by atoms with E-state index in [1.807, 2.05) is 48.5 Å². The van der Waals surface area contributed by atoms with E-state index in [9.17, 15) is 0 Å². The topological polar surface area (TPSA) is 24.9 Å². The van der Waals surface area contributed by atoms with Crippen LogP contribution in [0.25, 0.3) is 24.3 Å². The van der Waals surface area contributed by atoms with Crippen molar-refractivity contribution in [3.63, 3.8) is 0 Å². The second kappa shape index (κ2) is 18.2. The van der Waals surface area contributed by atoms with Crippen LogP contribution in [0.2, 0.25) is 0 Å². The maximum Gasteiger partial charge on any atom is 0.230 e. The first kappa shape index (κ1) is 36.4. The third kappa shape index (κ3) is 9.58. The number of benzene rings is 8. The summed E-state index contributed by atoms with van der Waals surface area (Å²) in [6.45, 7) is 0.0828. The SMILES string of the molecule is C(=Cc1ccc(N(c2ccccc2)c2ccc(OCOc3ccc(N(c4ccccc4)c4ccc(C=Cc5ccccc5)cc4)cc3)cc2)cc1)c1ccccc1. The van der Waals surface area contributed by atoms with E-state index in [1.165, 1.54) is 11.1 Å². The van der Waals surface area contributed by atoms with Gasteiger partial charge in [-0.05, 0) is 119 Å². The van der Waals surface area contributed by atoms with E-state index >= 15 is 0 Å². The average molecular weight is 739 g/mol. The van der Waals surface area contributed by atoms with E-state index in [0.29, 0.717) is 0 Å². The fourth-order valence-electron chi connectivity index (χ4n) is 6.58. The molecule has 0 radical (unpaired) electrons. The first-order chi connectivity index (χ1) is 28.2. The van der Waals surface area contributed by atoms with Gasteiger partial charge in [-0.15, -0.1) is 0 Å². The molecule has 8 aromatic carbocycles. The monoisotopic (exact) mass is 738 g/mol. The fourth-order valence-corrected chi connectivity index (χ4v) is 6.58. The van der Waals surface area contributed by atoms with Gasteiger partial charge in [-0.1, -0.05) is 146 Å². The molecule has 0 aromatic heterocycles. The third-order valence-electron chi connectivity index (χ3n) is 9.51. The summed E-state index contributed by atoms with van der Waals surface area (Å²) in [7, 11) is 0. The van der Waals surface area contributed by atoms with Gasteiger partial charge in [-0.3, -0.25) is 0 Å². The number of rotatable bonds is 14. The van der Waals surface area contributed by atoms with Gasteiger partial charge in [-0.2, -0.15) is 0 Å². The highest BCUT2D eigenvalue weighted by molar-refractivity contribution is 5.80. The number of nitrogens with zero attached hydrogens (tertiary/aromatic N) is 2. The largest absolute Gasteiger partial charge is 0.458 e. The smallest absolute Gasteiger partial charge is 0.230 e. The van der Waals surface area contributed by atoms with E-state index in [4.69, 9.17) is 9.47 Å². The molecule has 0 amide bonds. The number of para-hydroxylation sites is 2. The minimum atomic E-state index is 0.0828. The molecule has 0 bridgehead atoms. The molecule has 0 saturated heterocycles. The summed E-state index contributed by atoms with van der Waals surface area (Å²) >= 11 is 0. The number of hydrogen-bond acceptors (Lipinski definition) is 4. The number of ether oxygens (including phenoxy) is 2. The van der Waals surface area contributed by atoms with E-state index in [1.54, 1.807) is 0 Å². The van der Waals surface area contributed by atoms with Gasteiger partial charge in [0.15, 0.2) is 0 Å². The van der Waals surface area contributed by atoms with Gasteiger partial charge in [0.2, 0.25) is 6.79 Å². The lowest BCUT2D eigenvalue weighted by atomic mass is 10.1. The second-order valence-electron chi connectivity index (χ2n) is 13.4. The highest BCUT2D eigenvalue weighted by Gasteiger charge is 2.14. The van der Waals surface area contributed by atoms with Crippen molar-refractivity contribution < 1.29 is 9.47 Å². The van der Waals surface area contributed by atoms with Gasteiger partial charge in [0.25, 0.3) is 0 Å². The summed E-state index contributed by atoms with van der Waals surface area (Å²) in [5.74, 6) is 1.45. The van der Waals surface area contributed by atoms with E-state index in [2.05, 4.69) is 204 Å². The predicted molar refractivity (Wildman–Crippen MR) is 239 cm³/mol. The second-order valence-corrected chi connectivity index (χ2v) is 13.4. The molecule has 0 N–H and O–H groups in total. The Morgan fingerprint density at radius 1 is 0.263 bits per heavy atom. The van der Waals surface area contributed by atoms with Crippen LogP contribution < -0.4 is 19.3 Å².